The van der Waals surface area contributed by atoms with Crippen molar-refractivity contribution in [3.05, 3.63) is 88.5 Å². The van der Waals surface area contributed by atoms with E-state index in [1.165, 1.54) is 18.3 Å². The van der Waals surface area contributed by atoms with Crippen molar-refractivity contribution in [3.63, 3.8) is 0 Å². The Morgan fingerprint density at radius 2 is 1.61 bits per heavy atom. The summed E-state index contributed by atoms with van der Waals surface area (Å²) in [6.07, 6.45) is 1.51. The average molecular weight is 396 g/mol. The lowest BCUT2D eigenvalue weighted by molar-refractivity contribution is -0.384. The first-order valence-electron chi connectivity index (χ1n) is 8.10. The number of nitro groups is 1. The Kier molecular flexibility index (Phi) is 5.48. The summed E-state index contributed by atoms with van der Waals surface area (Å²) in [5.74, 6) is 0. The predicted octanol–water partition coefficient (Wildman–Crippen LogP) is 3.36. The van der Waals surface area contributed by atoms with Crippen molar-refractivity contribution in [3.8, 4) is 11.1 Å². The fourth-order valence-corrected chi connectivity index (χ4v) is 3.04. The first-order valence-corrected chi connectivity index (χ1v) is 9.65. The lowest BCUT2D eigenvalue weighted by atomic mass is 10.0. The lowest BCUT2D eigenvalue weighted by Gasteiger charge is -2.04. The molecule has 9 heteroatoms. The van der Waals surface area contributed by atoms with Gasteiger partial charge in [-0.1, -0.05) is 54.6 Å². The molecule has 0 saturated heterocycles. The van der Waals surface area contributed by atoms with Gasteiger partial charge in [0.1, 0.15) is 5.69 Å². The Balaban J connectivity index is 1.76. The van der Waals surface area contributed by atoms with Crippen LogP contribution in [-0.4, -0.2) is 19.6 Å². The molecule has 0 bridgehead atoms. The summed E-state index contributed by atoms with van der Waals surface area (Å²) in [7, 11) is -4.04. The van der Waals surface area contributed by atoms with E-state index in [-0.39, 0.29) is 10.6 Å². The van der Waals surface area contributed by atoms with Crippen LogP contribution in [0.5, 0.6) is 0 Å². The van der Waals surface area contributed by atoms with Crippen molar-refractivity contribution in [2.24, 2.45) is 10.2 Å². The van der Waals surface area contributed by atoms with Crippen molar-refractivity contribution in [1.82, 2.24) is 0 Å². The number of hydrogen-bond donors (Lipinski definition) is 2. The highest BCUT2D eigenvalue weighted by atomic mass is 32.2. The van der Waals surface area contributed by atoms with E-state index >= 15 is 0 Å². The highest BCUT2D eigenvalue weighted by Gasteiger charge is 2.18. The topological polar surface area (TPSA) is 128 Å². The minimum Gasteiger partial charge on any atom is -0.272 e. The van der Waals surface area contributed by atoms with Crippen LogP contribution in [0.1, 0.15) is 5.56 Å². The largest absolute Gasteiger partial charge is 0.295 e. The van der Waals surface area contributed by atoms with Gasteiger partial charge in [0.05, 0.1) is 16.0 Å². The maximum Gasteiger partial charge on any atom is 0.295 e. The molecular formula is C19H16N4O4S. The van der Waals surface area contributed by atoms with Crippen molar-refractivity contribution < 1.29 is 13.3 Å². The smallest absolute Gasteiger partial charge is 0.272 e. The van der Waals surface area contributed by atoms with Crippen LogP contribution in [0.4, 0.5) is 11.4 Å². The van der Waals surface area contributed by atoms with E-state index in [0.29, 0.717) is 0 Å². The molecule has 3 aromatic rings. The van der Waals surface area contributed by atoms with Crippen LogP contribution in [0.2, 0.25) is 0 Å². The van der Waals surface area contributed by atoms with E-state index in [4.69, 9.17) is 5.14 Å². The quantitative estimate of drug-likeness (QED) is 0.375. The summed E-state index contributed by atoms with van der Waals surface area (Å²) >= 11 is 0. The first-order chi connectivity index (χ1) is 13.3. The van der Waals surface area contributed by atoms with E-state index in [0.717, 1.165) is 22.8 Å². The summed E-state index contributed by atoms with van der Waals surface area (Å²) in [4.78, 5) is 10.1. The molecule has 0 saturated carbocycles. The van der Waals surface area contributed by atoms with E-state index in [1.54, 1.807) is 0 Å². The molecule has 3 aromatic carbocycles. The van der Waals surface area contributed by atoms with Gasteiger partial charge in [-0.25, -0.2) is 13.6 Å². The number of nitrogens with zero attached hydrogens (tertiary/aromatic N) is 2. The highest BCUT2D eigenvalue weighted by Crippen LogP contribution is 2.27. The minimum atomic E-state index is -4.04. The highest BCUT2D eigenvalue weighted by molar-refractivity contribution is 7.89. The van der Waals surface area contributed by atoms with Crippen molar-refractivity contribution in [1.29, 1.82) is 0 Å². The molecule has 0 unspecified atom stereocenters. The number of hydrogen-bond acceptors (Lipinski definition) is 6. The summed E-state index contributed by atoms with van der Waals surface area (Å²) in [6, 6.07) is 20.8. The molecule has 0 atom stereocenters. The number of primary sulfonamides is 1. The molecule has 0 aliphatic rings. The standard InChI is InChI=1S/C19H16N4O4S/c20-28(26,27)17-10-11-18(19(12-17)23(24)25)22-21-13-14-6-8-16(9-7-14)15-4-2-1-3-5-15/h1-13,22H,(H2,20,26,27)/b21-13-. The zero-order valence-corrected chi connectivity index (χ0v) is 15.3. The number of anilines is 1. The molecule has 3 N–H and O–H groups in total. The number of sulfonamides is 1. The molecule has 0 heterocycles. The van der Waals surface area contributed by atoms with Crippen LogP contribution < -0.4 is 10.6 Å². The van der Waals surface area contributed by atoms with Gasteiger partial charge in [-0.15, -0.1) is 0 Å². The fourth-order valence-electron chi connectivity index (χ4n) is 2.50. The maximum absolute atomic E-state index is 11.4. The second-order valence-electron chi connectivity index (χ2n) is 5.84. The number of nitrogens with one attached hydrogen (secondary N) is 1. The molecule has 0 aromatic heterocycles. The molecule has 0 fully saturated rings. The van der Waals surface area contributed by atoms with Gasteiger partial charge in [0, 0.05) is 6.07 Å². The molecule has 0 spiro atoms. The summed E-state index contributed by atoms with van der Waals surface area (Å²) in [5, 5.41) is 20.2. The summed E-state index contributed by atoms with van der Waals surface area (Å²) in [5.41, 5.74) is 5.10. The fraction of sp³-hybridized carbons (Fsp3) is 0. The molecule has 0 radical (unpaired) electrons. The van der Waals surface area contributed by atoms with Gasteiger partial charge in [-0.2, -0.15) is 5.10 Å². The Bertz CT molecular complexity index is 1130. The molecule has 0 amide bonds. The van der Waals surface area contributed by atoms with Crippen LogP contribution in [0.15, 0.2) is 82.8 Å². The van der Waals surface area contributed by atoms with Crippen LogP contribution >= 0.6 is 0 Å². The van der Waals surface area contributed by atoms with Gasteiger partial charge in [-0.05, 0) is 28.8 Å². The van der Waals surface area contributed by atoms with E-state index in [2.05, 4.69) is 10.5 Å². The number of nitro benzene ring substituents is 1. The molecule has 0 aliphatic carbocycles. The Labute approximate surface area is 161 Å². The maximum atomic E-state index is 11.4. The van der Waals surface area contributed by atoms with Gasteiger partial charge in [0.2, 0.25) is 10.0 Å². The third kappa shape index (κ3) is 4.58. The van der Waals surface area contributed by atoms with Crippen LogP contribution in [-0.2, 0) is 10.0 Å². The lowest BCUT2D eigenvalue weighted by Crippen LogP contribution is -2.12. The molecule has 142 valence electrons. The van der Waals surface area contributed by atoms with Crippen LogP contribution in [0.25, 0.3) is 11.1 Å². The van der Waals surface area contributed by atoms with Gasteiger partial charge < -0.3 is 0 Å². The van der Waals surface area contributed by atoms with Crippen molar-refractivity contribution in [2.75, 3.05) is 5.43 Å². The SMILES string of the molecule is NS(=O)(=O)c1ccc(N/N=C\c2ccc(-c3ccccc3)cc2)c([N+](=O)[O-])c1. The summed E-state index contributed by atoms with van der Waals surface area (Å²) < 4.78 is 22.7. The second-order valence-corrected chi connectivity index (χ2v) is 7.40. The molecule has 0 aliphatic heterocycles. The number of hydrazone groups is 1. The van der Waals surface area contributed by atoms with Crippen molar-refractivity contribution >= 4 is 27.6 Å². The number of rotatable bonds is 6. The Morgan fingerprint density at radius 1 is 0.964 bits per heavy atom. The van der Waals surface area contributed by atoms with Crippen molar-refractivity contribution in [2.45, 2.75) is 4.90 Å². The normalized spacial score (nSPS) is 11.5. The van der Waals surface area contributed by atoms with Gasteiger partial charge in [0.15, 0.2) is 0 Å². The number of benzene rings is 3. The third-order valence-corrected chi connectivity index (χ3v) is 4.82. The van der Waals surface area contributed by atoms with Gasteiger partial charge in [-0.3, -0.25) is 15.5 Å². The predicted molar refractivity (Wildman–Crippen MR) is 108 cm³/mol. The Morgan fingerprint density at radius 3 is 2.21 bits per heavy atom. The minimum absolute atomic E-state index is 0.0505. The second kappa shape index (κ2) is 7.99. The van der Waals surface area contributed by atoms with Gasteiger partial charge in [0.25, 0.3) is 5.69 Å². The van der Waals surface area contributed by atoms with E-state index < -0.39 is 20.6 Å². The third-order valence-electron chi connectivity index (χ3n) is 3.91. The molecule has 8 nitrogen and oxygen atoms in total. The molecule has 3 rings (SSSR count). The summed E-state index contributed by atoms with van der Waals surface area (Å²) in [6.45, 7) is 0. The Hall–Kier alpha value is -3.56. The number of nitrogens with two attached hydrogens (primary N) is 1. The molecule has 28 heavy (non-hydrogen) atoms. The first kappa shape index (κ1) is 19.2. The average Bonchev–Trinajstić information content (AvgIpc) is 2.68. The zero-order valence-electron chi connectivity index (χ0n) is 14.5. The molecular weight excluding hydrogens is 380 g/mol. The monoisotopic (exact) mass is 396 g/mol. The van der Waals surface area contributed by atoms with E-state index in [9.17, 15) is 18.5 Å². The zero-order chi connectivity index (χ0) is 20.1. The van der Waals surface area contributed by atoms with E-state index in [1.807, 2.05) is 54.6 Å². The van der Waals surface area contributed by atoms with Crippen LogP contribution in [0.3, 0.4) is 0 Å². The van der Waals surface area contributed by atoms with Gasteiger partial charge >= 0.3 is 0 Å². The van der Waals surface area contributed by atoms with Crippen LogP contribution in [0, 0.1) is 10.1 Å².